The van der Waals surface area contributed by atoms with Crippen LogP contribution < -0.4 is 15.4 Å². The van der Waals surface area contributed by atoms with Crippen molar-refractivity contribution in [2.75, 3.05) is 23.8 Å². The molecule has 0 amide bonds. The third kappa shape index (κ3) is 4.34. The van der Waals surface area contributed by atoms with Crippen LogP contribution in [0.3, 0.4) is 0 Å². The smallest absolute Gasteiger partial charge is 0.323 e. The quantitative estimate of drug-likeness (QED) is 0.780. The standard InChI is InChI=1S/C13H19N5OS/c1-3-7-19-13-17-11(14-4-2)16-12(18-13)15-9-10-6-5-8-20-10/h5-6,8H,3-4,7,9H2,1-2H3,(H2,14,15,16,17,18). The first-order valence-electron chi connectivity index (χ1n) is 6.70. The molecular weight excluding hydrogens is 274 g/mol. The maximum atomic E-state index is 5.48. The fraction of sp³-hybridized carbons (Fsp3) is 0.462. The van der Waals surface area contributed by atoms with E-state index >= 15 is 0 Å². The number of thiophene rings is 1. The summed E-state index contributed by atoms with van der Waals surface area (Å²) in [6, 6.07) is 4.44. The monoisotopic (exact) mass is 293 g/mol. The van der Waals surface area contributed by atoms with Crippen molar-refractivity contribution in [2.24, 2.45) is 0 Å². The van der Waals surface area contributed by atoms with Gasteiger partial charge in [0.1, 0.15) is 0 Å². The van der Waals surface area contributed by atoms with Crippen molar-refractivity contribution in [3.05, 3.63) is 22.4 Å². The summed E-state index contributed by atoms with van der Waals surface area (Å²) in [5.74, 6) is 1.05. The van der Waals surface area contributed by atoms with E-state index in [1.807, 2.05) is 25.3 Å². The Hall–Kier alpha value is -1.89. The van der Waals surface area contributed by atoms with Gasteiger partial charge in [-0.15, -0.1) is 11.3 Å². The zero-order valence-corrected chi connectivity index (χ0v) is 12.5. The lowest BCUT2D eigenvalue weighted by Crippen LogP contribution is -2.10. The van der Waals surface area contributed by atoms with Crippen LogP contribution >= 0.6 is 11.3 Å². The van der Waals surface area contributed by atoms with Gasteiger partial charge in [-0.2, -0.15) is 15.0 Å². The van der Waals surface area contributed by atoms with Gasteiger partial charge in [-0.3, -0.25) is 0 Å². The van der Waals surface area contributed by atoms with E-state index in [0.717, 1.165) is 13.0 Å². The van der Waals surface area contributed by atoms with Crippen molar-refractivity contribution in [3.8, 4) is 6.01 Å². The van der Waals surface area contributed by atoms with E-state index in [1.165, 1.54) is 4.88 Å². The molecule has 2 rings (SSSR count). The van der Waals surface area contributed by atoms with Gasteiger partial charge in [0.2, 0.25) is 11.9 Å². The number of anilines is 2. The number of aromatic nitrogens is 3. The Bertz CT molecular complexity index is 517. The first-order valence-corrected chi connectivity index (χ1v) is 7.58. The molecule has 0 aliphatic carbocycles. The van der Waals surface area contributed by atoms with E-state index in [2.05, 4.69) is 31.7 Å². The Labute approximate surface area is 122 Å². The highest BCUT2D eigenvalue weighted by Gasteiger charge is 2.07. The molecule has 0 saturated heterocycles. The molecule has 0 fully saturated rings. The predicted molar refractivity (Wildman–Crippen MR) is 81.4 cm³/mol. The lowest BCUT2D eigenvalue weighted by Gasteiger charge is -2.09. The highest BCUT2D eigenvalue weighted by atomic mass is 32.1. The van der Waals surface area contributed by atoms with E-state index < -0.39 is 0 Å². The van der Waals surface area contributed by atoms with Crippen LogP contribution in [0.4, 0.5) is 11.9 Å². The Balaban J connectivity index is 2.06. The number of hydrogen-bond donors (Lipinski definition) is 2. The summed E-state index contributed by atoms with van der Waals surface area (Å²) in [6.07, 6.45) is 0.917. The predicted octanol–water partition coefficient (Wildman–Crippen LogP) is 2.77. The molecule has 0 aromatic carbocycles. The lowest BCUT2D eigenvalue weighted by atomic mass is 10.5. The molecule has 2 aromatic heterocycles. The number of rotatable bonds is 8. The van der Waals surface area contributed by atoms with Crippen LogP contribution in [0.15, 0.2) is 17.5 Å². The Morgan fingerprint density at radius 2 is 1.95 bits per heavy atom. The van der Waals surface area contributed by atoms with Crippen LogP contribution in [0.25, 0.3) is 0 Å². The second-order valence-electron chi connectivity index (χ2n) is 4.08. The largest absolute Gasteiger partial charge is 0.463 e. The average molecular weight is 293 g/mol. The minimum absolute atomic E-state index is 0.353. The third-order valence-corrected chi connectivity index (χ3v) is 3.26. The first-order chi connectivity index (χ1) is 9.81. The lowest BCUT2D eigenvalue weighted by molar-refractivity contribution is 0.292. The van der Waals surface area contributed by atoms with Gasteiger partial charge >= 0.3 is 6.01 Å². The van der Waals surface area contributed by atoms with Crippen molar-refractivity contribution < 1.29 is 4.74 Å². The molecule has 2 heterocycles. The van der Waals surface area contributed by atoms with E-state index in [1.54, 1.807) is 11.3 Å². The Morgan fingerprint density at radius 1 is 1.15 bits per heavy atom. The van der Waals surface area contributed by atoms with Crippen molar-refractivity contribution in [1.29, 1.82) is 0 Å². The summed E-state index contributed by atoms with van der Waals surface area (Å²) in [5.41, 5.74) is 0. The first kappa shape index (κ1) is 14.5. The maximum Gasteiger partial charge on any atom is 0.323 e. The number of ether oxygens (including phenoxy) is 1. The van der Waals surface area contributed by atoms with Gasteiger partial charge in [0.15, 0.2) is 0 Å². The van der Waals surface area contributed by atoms with Gasteiger partial charge in [-0.05, 0) is 24.8 Å². The van der Waals surface area contributed by atoms with Crippen LogP contribution in [0.1, 0.15) is 25.1 Å². The molecule has 2 N–H and O–H groups in total. The van der Waals surface area contributed by atoms with Crippen molar-refractivity contribution in [2.45, 2.75) is 26.8 Å². The highest BCUT2D eigenvalue weighted by molar-refractivity contribution is 7.09. The molecule has 0 aliphatic heterocycles. The van der Waals surface area contributed by atoms with Crippen molar-refractivity contribution in [3.63, 3.8) is 0 Å². The van der Waals surface area contributed by atoms with Crippen molar-refractivity contribution >= 4 is 23.2 Å². The van der Waals surface area contributed by atoms with Crippen molar-refractivity contribution in [1.82, 2.24) is 15.0 Å². The van der Waals surface area contributed by atoms with Gasteiger partial charge < -0.3 is 15.4 Å². The molecule has 2 aromatic rings. The molecule has 0 unspecified atom stereocenters. The zero-order chi connectivity index (χ0) is 14.2. The summed E-state index contributed by atoms with van der Waals surface area (Å²) >= 11 is 1.69. The van der Waals surface area contributed by atoms with Gasteiger partial charge in [0.25, 0.3) is 0 Å². The van der Waals surface area contributed by atoms with Crippen LogP contribution in [-0.4, -0.2) is 28.1 Å². The summed E-state index contributed by atoms with van der Waals surface area (Å²) in [6.45, 7) is 6.08. The third-order valence-electron chi connectivity index (χ3n) is 2.39. The molecule has 0 spiro atoms. The minimum atomic E-state index is 0.353. The fourth-order valence-electron chi connectivity index (χ4n) is 1.51. The summed E-state index contributed by atoms with van der Waals surface area (Å²) < 4.78 is 5.48. The molecule has 0 atom stereocenters. The molecule has 0 aliphatic rings. The number of nitrogens with zero attached hydrogens (tertiary/aromatic N) is 3. The van der Waals surface area contributed by atoms with E-state index in [0.29, 0.717) is 31.1 Å². The summed E-state index contributed by atoms with van der Waals surface area (Å²) in [7, 11) is 0. The van der Waals surface area contributed by atoms with Gasteiger partial charge in [-0.1, -0.05) is 13.0 Å². The summed E-state index contributed by atoms with van der Waals surface area (Å²) in [4.78, 5) is 14.0. The Kier molecular flexibility index (Phi) is 5.55. The second kappa shape index (κ2) is 7.64. The minimum Gasteiger partial charge on any atom is -0.463 e. The topological polar surface area (TPSA) is 72.0 Å². The number of nitrogens with one attached hydrogen (secondary N) is 2. The van der Waals surface area contributed by atoms with Gasteiger partial charge in [0, 0.05) is 11.4 Å². The molecule has 0 bridgehead atoms. The van der Waals surface area contributed by atoms with E-state index in [9.17, 15) is 0 Å². The molecular formula is C13H19N5OS. The fourth-order valence-corrected chi connectivity index (χ4v) is 2.15. The van der Waals surface area contributed by atoms with Crippen LogP contribution in [0.5, 0.6) is 6.01 Å². The zero-order valence-electron chi connectivity index (χ0n) is 11.7. The molecule has 6 nitrogen and oxygen atoms in total. The van der Waals surface area contributed by atoms with E-state index in [-0.39, 0.29) is 0 Å². The highest BCUT2D eigenvalue weighted by Crippen LogP contribution is 2.14. The average Bonchev–Trinajstić information content (AvgIpc) is 2.96. The van der Waals surface area contributed by atoms with Crippen LogP contribution in [-0.2, 0) is 6.54 Å². The number of hydrogen-bond acceptors (Lipinski definition) is 7. The molecule has 7 heteroatoms. The normalized spacial score (nSPS) is 10.3. The molecule has 108 valence electrons. The van der Waals surface area contributed by atoms with Crippen LogP contribution in [0, 0.1) is 0 Å². The SMILES string of the molecule is CCCOc1nc(NCC)nc(NCc2cccs2)n1. The maximum absolute atomic E-state index is 5.48. The van der Waals surface area contributed by atoms with Gasteiger partial charge in [0.05, 0.1) is 13.2 Å². The summed E-state index contributed by atoms with van der Waals surface area (Å²) in [5, 5.41) is 8.32. The van der Waals surface area contributed by atoms with E-state index in [4.69, 9.17) is 4.74 Å². The second-order valence-corrected chi connectivity index (χ2v) is 5.11. The van der Waals surface area contributed by atoms with Crippen LogP contribution in [0.2, 0.25) is 0 Å². The van der Waals surface area contributed by atoms with Gasteiger partial charge in [-0.25, -0.2) is 0 Å². The molecule has 20 heavy (non-hydrogen) atoms. The molecule has 0 radical (unpaired) electrons. The molecule has 0 saturated carbocycles. The Morgan fingerprint density at radius 3 is 2.60 bits per heavy atom.